The number of hydrogen-bond acceptors (Lipinski definition) is 3. The molecule has 0 bridgehead atoms. The Morgan fingerprint density at radius 3 is 2.36 bits per heavy atom. The number of rotatable bonds is 6. The highest BCUT2D eigenvalue weighted by molar-refractivity contribution is 5.85. The van der Waals surface area contributed by atoms with Crippen LogP contribution in [-0.2, 0) is 16.0 Å². The minimum Gasteiger partial charge on any atom is -0.369 e. The molecule has 1 aliphatic heterocycles. The van der Waals surface area contributed by atoms with E-state index >= 15 is 0 Å². The molecule has 0 saturated carbocycles. The zero-order valence-corrected chi connectivity index (χ0v) is 19.3. The third kappa shape index (κ3) is 4.82. The molecular weight excluding hydrogens is 410 g/mol. The van der Waals surface area contributed by atoms with Crippen molar-refractivity contribution in [2.75, 3.05) is 13.1 Å². The van der Waals surface area contributed by atoms with E-state index in [4.69, 9.17) is 5.73 Å². The number of aromatic nitrogens is 1. The second-order valence-corrected chi connectivity index (χ2v) is 9.18. The van der Waals surface area contributed by atoms with E-state index in [9.17, 15) is 9.59 Å². The molecule has 2 amide bonds. The number of hydrogen-bond donors (Lipinski definition) is 1. The summed E-state index contributed by atoms with van der Waals surface area (Å²) < 4.78 is 0. The first-order chi connectivity index (χ1) is 15.9. The van der Waals surface area contributed by atoms with Crippen LogP contribution in [0.5, 0.6) is 0 Å². The molecule has 0 radical (unpaired) electrons. The summed E-state index contributed by atoms with van der Waals surface area (Å²) >= 11 is 0. The topological polar surface area (TPSA) is 76.3 Å². The van der Waals surface area contributed by atoms with E-state index in [0.717, 1.165) is 22.3 Å². The number of piperidine rings is 1. The van der Waals surface area contributed by atoms with Crippen molar-refractivity contribution in [1.82, 2.24) is 9.88 Å². The quantitative estimate of drug-likeness (QED) is 0.612. The van der Waals surface area contributed by atoms with Crippen molar-refractivity contribution in [3.8, 4) is 11.1 Å². The predicted octanol–water partition coefficient (Wildman–Crippen LogP) is 4.50. The highest BCUT2D eigenvalue weighted by Crippen LogP contribution is 2.38. The lowest BCUT2D eigenvalue weighted by Gasteiger charge is -2.41. The van der Waals surface area contributed by atoms with Crippen LogP contribution in [0, 0.1) is 12.3 Å². The first kappa shape index (κ1) is 22.7. The van der Waals surface area contributed by atoms with Gasteiger partial charge >= 0.3 is 0 Å². The average Bonchev–Trinajstić information content (AvgIpc) is 2.85. The summed E-state index contributed by atoms with van der Waals surface area (Å²) in [6.07, 6.45) is 5.28. The van der Waals surface area contributed by atoms with Gasteiger partial charge in [0.15, 0.2) is 0 Å². The number of aryl methyl sites for hydroxylation is 1. The Hall–Kier alpha value is -3.47. The van der Waals surface area contributed by atoms with Gasteiger partial charge in [-0.25, -0.2) is 0 Å². The number of carbonyl (C=O) groups excluding carboxylic acids is 2. The molecule has 170 valence electrons. The number of pyridine rings is 1. The Kier molecular flexibility index (Phi) is 6.59. The minimum atomic E-state index is -0.664. The van der Waals surface area contributed by atoms with Gasteiger partial charge < -0.3 is 10.6 Å². The van der Waals surface area contributed by atoms with E-state index in [-0.39, 0.29) is 17.7 Å². The summed E-state index contributed by atoms with van der Waals surface area (Å²) in [5.41, 5.74) is 10.7. The molecule has 5 nitrogen and oxygen atoms in total. The maximum atomic E-state index is 13.2. The van der Waals surface area contributed by atoms with Crippen LogP contribution in [0.15, 0.2) is 73.1 Å². The number of nitrogens with zero attached hydrogens (tertiary/aromatic N) is 2. The lowest BCUT2D eigenvalue weighted by atomic mass is 9.72. The molecule has 2 heterocycles. The van der Waals surface area contributed by atoms with E-state index in [1.54, 1.807) is 6.20 Å². The number of benzene rings is 2. The number of carbonyl (C=O) groups is 2. The van der Waals surface area contributed by atoms with Gasteiger partial charge in [0, 0.05) is 31.0 Å². The summed E-state index contributed by atoms with van der Waals surface area (Å²) in [7, 11) is 0. The molecule has 2 aromatic carbocycles. The Labute approximate surface area is 195 Å². The van der Waals surface area contributed by atoms with Gasteiger partial charge in [0.1, 0.15) is 0 Å². The first-order valence-corrected chi connectivity index (χ1v) is 11.5. The lowest BCUT2D eigenvalue weighted by Crippen LogP contribution is -2.50. The predicted molar refractivity (Wildman–Crippen MR) is 130 cm³/mol. The van der Waals surface area contributed by atoms with Gasteiger partial charge in [-0.2, -0.15) is 0 Å². The fraction of sp³-hybridized carbons (Fsp3) is 0.321. The Balaban J connectivity index is 1.51. The van der Waals surface area contributed by atoms with Gasteiger partial charge in [0.2, 0.25) is 11.8 Å². The molecule has 33 heavy (non-hydrogen) atoms. The number of primary amides is 1. The Morgan fingerprint density at radius 1 is 1.03 bits per heavy atom. The minimum absolute atomic E-state index is 0.104. The third-order valence-corrected chi connectivity index (χ3v) is 7.02. The van der Waals surface area contributed by atoms with Crippen LogP contribution in [-0.4, -0.2) is 34.8 Å². The van der Waals surface area contributed by atoms with Crippen molar-refractivity contribution in [2.45, 2.75) is 39.0 Å². The molecular formula is C28H31N3O2. The van der Waals surface area contributed by atoms with Gasteiger partial charge in [-0.15, -0.1) is 0 Å². The molecule has 4 rings (SSSR count). The molecule has 1 atom stereocenters. The van der Waals surface area contributed by atoms with Gasteiger partial charge in [0.25, 0.3) is 0 Å². The third-order valence-electron chi connectivity index (χ3n) is 7.02. The van der Waals surface area contributed by atoms with E-state index in [1.165, 1.54) is 5.56 Å². The molecule has 0 unspecified atom stereocenters. The molecule has 1 saturated heterocycles. The second-order valence-electron chi connectivity index (χ2n) is 9.18. The van der Waals surface area contributed by atoms with Crippen LogP contribution in [0.25, 0.3) is 11.1 Å². The molecule has 0 aliphatic carbocycles. The molecule has 1 fully saturated rings. The number of nitrogens with two attached hydrogens (primary N) is 1. The second kappa shape index (κ2) is 9.57. The van der Waals surface area contributed by atoms with E-state index in [2.05, 4.69) is 17.1 Å². The summed E-state index contributed by atoms with van der Waals surface area (Å²) in [6.45, 7) is 5.06. The maximum absolute atomic E-state index is 13.2. The molecule has 1 aromatic heterocycles. The molecule has 1 aliphatic rings. The average molecular weight is 442 g/mol. The van der Waals surface area contributed by atoms with Crippen molar-refractivity contribution in [3.63, 3.8) is 0 Å². The molecule has 5 heteroatoms. The lowest BCUT2D eigenvalue weighted by molar-refractivity contribution is -0.139. The van der Waals surface area contributed by atoms with Crippen LogP contribution in [0.2, 0.25) is 0 Å². The number of amides is 2. The highest BCUT2D eigenvalue weighted by Gasteiger charge is 2.42. The zero-order valence-electron chi connectivity index (χ0n) is 19.3. The number of likely N-dealkylation sites (tertiary alicyclic amines) is 1. The van der Waals surface area contributed by atoms with Crippen LogP contribution >= 0.6 is 0 Å². The standard InChI is InChI=1S/C28H31N3O2/c1-20-9-11-22(12-10-20)21(2)26(32)31-16-13-28(14-17-31,27(29)33)18-23-6-3-4-8-25(23)24-7-5-15-30-19-24/h3-12,15,19,21H,13-14,16-18H2,1-2H3,(H2,29,33)/t21-/m1/s1. The highest BCUT2D eigenvalue weighted by atomic mass is 16.2. The fourth-order valence-electron chi connectivity index (χ4n) is 4.78. The maximum Gasteiger partial charge on any atom is 0.229 e. The summed E-state index contributed by atoms with van der Waals surface area (Å²) in [5, 5.41) is 0. The van der Waals surface area contributed by atoms with Crippen molar-refractivity contribution < 1.29 is 9.59 Å². The molecule has 2 N–H and O–H groups in total. The summed E-state index contributed by atoms with van der Waals surface area (Å²) in [4.78, 5) is 32.0. The normalized spacial score (nSPS) is 16.2. The first-order valence-electron chi connectivity index (χ1n) is 11.5. The Morgan fingerprint density at radius 2 is 1.73 bits per heavy atom. The van der Waals surface area contributed by atoms with Gasteiger partial charge in [0.05, 0.1) is 11.3 Å². The molecule has 3 aromatic rings. The Bertz CT molecular complexity index is 1120. The largest absolute Gasteiger partial charge is 0.369 e. The fourth-order valence-corrected chi connectivity index (χ4v) is 4.78. The zero-order chi connectivity index (χ0) is 23.4. The van der Waals surface area contributed by atoms with E-state index < -0.39 is 5.41 Å². The van der Waals surface area contributed by atoms with Gasteiger partial charge in [-0.1, -0.05) is 60.2 Å². The summed E-state index contributed by atoms with van der Waals surface area (Å²) in [6, 6.07) is 20.1. The van der Waals surface area contributed by atoms with Crippen molar-refractivity contribution in [3.05, 3.63) is 89.7 Å². The smallest absolute Gasteiger partial charge is 0.229 e. The monoisotopic (exact) mass is 441 g/mol. The van der Waals surface area contributed by atoms with Crippen LogP contribution in [0.1, 0.15) is 42.4 Å². The van der Waals surface area contributed by atoms with Crippen molar-refractivity contribution in [2.24, 2.45) is 11.1 Å². The van der Waals surface area contributed by atoms with E-state index in [0.29, 0.717) is 32.4 Å². The van der Waals surface area contributed by atoms with Crippen molar-refractivity contribution in [1.29, 1.82) is 0 Å². The summed E-state index contributed by atoms with van der Waals surface area (Å²) in [5.74, 6) is -0.396. The molecule has 0 spiro atoms. The van der Waals surface area contributed by atoms with Crippen LogP contribution < -0.4 is 5.73 Å². The van der Waals surface area contributed by atoms with E-state index in [1.807, 2.05) is 73.5 Å². The van der Waals surface area contributed by atoms with Crippen molar-refractivity contribution >= 4 is 11.8 Å². The van der Waals surface area contributed by atoms with Gasteiger partial charge in [-0.05, 0) is 55.9 Å². The van der Waals surface area contributed by atoms with Crippen LogP contribution in [0.3, 0.4) is 0 Å². The van der Waals surface area contributed by atoms with Crippen LogP contribution in [0.4, 0.5) is 0 Å². The van der Waals surface area contributed by atoms with Gasteiger partial charge in [-0.3, -0.25) is 14.6 Å². The SMILES string of the molecule is Cc1ccc([C@@H](C)C(=O)N2CCC(Cc3ccccc3-c3cccnc3)(C(N)=O)CC2)cc1.